The third-order valence-electron chi connectivity index (χ3n) is 0. The van der Waals surface area contributed by atoms with E-state index in [0.29, 0.717) is 0 Å². The fourth-order valence-corrected chi connectivity index (χ4v) is 0. The molecule has 0 aromatic heterocycles. The van der Waals surface area contributed by atoms with Gasteiger partial charge in [0.25, 0.3) is 0 Å². The van der Waals surface area contributed by atoms with Crippen LogP contribution < -0.4 is 0 Å². The van der Waals surface area contributed by atoms with Gasteiger partial charge in [0.2, 0.25) is 0 Å². The van der Waals surface area contributed by atoms with E-state index >= 15 is 0 Å². The molecule has 0 aliphatic heterocycles. The summed E-state index contributed by atoms with van der Waals surface area (Å²) < 4.78 is 119. The van der Waals surface area contributed by atoms with Crippen molar-refractivity contribution in [3.63, 3.8) is 0 Å². The molecule has 0 aromatic rings. The summed E-state index contributed by atoms with van der Waals surface area (Å²) in [7, 11) is -18.0. The Kier molecular flexibility index (Phi) is 18.8. The molecule has 0 N–H and O–H groups in total. The van der Waals surface area contributed by atoms with E-state index in [0.717, 1.165) is 49.0 Å². The topological polar surface area (TPSA) is 0 Å². The fourth-order valence-electron chi connectivity index (χ4n) is 0. The predicted molar refractivity (Wildman–Crippen MR) is 42.2 cm³/mol. The molecule has 17 heavy (non-hydrogen) atoms. The minimum atomic E-state index is -6.00. The zero-order valence-electron chi connectivity index (χ0n) is 8.27. The molecule has 0 amide bonds. The Balaban J connectivity index is -0.0000000693. The van der Waals surface area contributed by atoms with Gasteiger partial charge in [0.05, 0.1) is 0 Å². The van der Waals surface area contributed by atoms with Crippen LogP contribution in [0.4, 0.5) is 51.8 Å². The van der Waals surface area contributed by atoms with Gasteiger partial charge in [0.15, 0.2) is 0 Å². The van der Waals surface area contributed by atoms with Crippen molar-refractivity contribution in [2.24, 2.45) is 0 Å². The number of hydrogen-bond acceptors (Lipinski definition) is 0. The molecule has 0 atom stereocenters. The Morgan fingerprint density at radius 2 is 0.412 bits per heavy atom. The van der Waals surface area contributed by atoms with Crippen LogP contribution in [0.1, 0.15) is 0 Å². The zero-order chi connectivity index (χ0) is 15.5. The molecular formula is CH3B3F12K-3. The minimum absolute atomic E-state index is 1.06. The van der Waals surface area contributed by atoms with E-state index in [9.17, 15) is 51.8 Å². The zero-order valence-corrected chi connectivity index (χ0v) is 11.4. The first kappa shape index (κ1) is 26.5. The maximum atomic E-state index is 9.75. The third kappa shape index (κ3) is 3890. The van der Waals surface area contributed by atoms with Gasteiger partial charge in [0, 0.05) is 0 Å². The van der Waals surface area contributed by atoms with Crippen LogP contribution in [0, 0.1) is 0 Å². The van der Waals surface area contributed by atoms with Crippen LogP contribution in [0.15, 0.2) is 0 Å². The molecule has 0 rings (SSSR count). The Labute approximate surface area is 122 Å². The number of hydrogen-bond donors (Lipinski definition) is 0. The van der Waals surface area contributed by atoms with Crippen LogP contribution in [-0.4, -0.2) is 70.7 Å². The molecule has 0 spiro atoms. The van der Waals surface area contributed by atoms with Gasteiger partial charge in [-0.15, -0.1) is 0 Å². The number of rotatable bonds is 0. The van der Waals surface area contributed by atoms with Crippen molar-refractivity contribution >= 4 is 70.7 Å². The summed E-state index contributed by atoms with van der Waals surface area (Å²) in [5, 5.41) is 0. The second kappa shape index (κ2) is 12.0. The summed E-state index contributed by atoms with van der Waals surface area (Å²) in [5.41, 5.74) is 0. The van der Waals surface area contributed by atoms with Crippen LogP contribution in [-0.2, 0) is 0 Å². The van der Waals surface area contributed by atoms with Gasteiger partial charge in [-0.25, -0.2) is 0 Å². The standard InChI is InChI=1S/CH3.3BF4.K/c;3*2-1(3,4)5;/h1H3;;;;/q;3*-1;. The molecule has 0 saturated heterocycles. The summed E-state index contributed by atoms with van der Waals surface area (Å²) >= 11 is 1.06. The van der Waals surface area contributed by atoms with E-state index in [4.69, 9.17) is 0 Å². The summed E-state index contributed by atoms with van der Waals surface area (Å²) in [5.74, 6) is 0. The van der Waals surface area contributed by atoms with E-state index in [-0.39, 0.29) is 0 Å². The van der Waals surface area contributed by atoms with Gasteiger partial charge >= 0.3 is 71.7 Å². The summed E-state index contributed by atoms with van der Waals surface area (Å²) in [4.78, 5) is 0. The fraction of sp³-hybridized carbons (Fsp3) is 1.00. The van der Waals surface area contributed by atoms with Gasteiger partial charge in [-0.1, -0.05) is 0 Å². The quantitative estimate of drug-likeness (QED) is 0.466. The van der Waals surface area contributed by atoms with Crippen LogP contribution in [0.5, 0.6) is 0 Å². The molecule has 0 radical (unpaired) electrons. The van der Waals surface area contributed by atoms with Gasteiger partial charge in [-0.05, 0) is 0 Å². The third-order valence-corrected chi connectivity index (χ3v) is 0. The monoisotopic (exact) mass is 315 g/mol. The summed E-state index contributed by atoms with van der Waals surface area (Å²) in [6.07, 6.45) is 0. The van der Waals surface area contributed by atoms with Gasteiger partial charge < -0.3 is 51.8 Å². The molecule has 0 nitrogen and oxygen atoms in total. The SMILES string of the molecule is F[B-](F)(F)F.F[B-](F)(F)F.F[B-](F)(F)F.[CH3][K]. The van der Waals surface area contributed by atoms with Crippen molar-refractivity contribution in [2.75, 3.05) is 0 Å². The Bertz CT molecular complexity index is 96.8. The van der Waals surface area contributed by atoms with Crippen molar-refractivity contribution in [3.05, 3.63) is 0 Å². The van der Waals surface area contributed by atoms with Crippen molar-refractivity contribution in [2.45, 2.75) is 1.02 Å². The summed E-state index contributed by atoms with van der Waals surface area (Å²) in [6, 6.07) is 0. The van der Waals surface area contributed by atoms with E-state index in [1.807, 2.05) is 0 Å². The van der Waals surface area contributed by atoms with Crippen LogP contribution in [0.25, 0.3) is 0 Å². The van der Waals surface area contributed by atoms with E-state index in [1.165, 1.54) is 0 Å². The van der Waals surface area contributed by atoms with Crippen LogP contribution >= 0.6 is 0 Å². The van der Waals surface area contributed by atoms with Crippen molar-refractivity contribution in [3.8, 4) is 0 Å². The first-order valence-corrected chi connectivity index (χ1v) is 6.74. The number of halogens is 12. The second-order valence-corrected chi connectivity index (χ2v) is 1.48. The predicted octanol–water partition coefficient (Wildman–Crippen LogP) is 4.10. The van der Waals surface area contributed by atoms with Crippen molar-refractivity contribution in [1.29, 1.82) is 0 Å². The molecule has 0 heterocycles. The molecule has 0 aliphatic rings. The Hall–Kier alpha value is 0.991. The average molecular weight is 315 g/mol. The molecule has 104 valence electrons. The first-order valence-electron chi connectivity index (χ1n) is 3.62. The van der Waals surface area contributed by atoms with E-state index < -0.39 is 21.8 Å². The molecular weight excluding hydrogens is 312 g/mol. The molecule has 0 saturated carbocycles. The maximum absolute atomic E-state index is 9.75. The molecule has 0 aliphatic carbocycles. The second-order valence-electron chi connectivity index (χ2n) is 1.48. The van der Waals surface area contributed by atoms with E-state index in [2.05, 4.69) is 1.02 Å². The Morgan fingerprint density at radius 1 is 0.412 bits per heavy atom. The summed E-state index contributed by atoms with van der Waals surface area (Å²) in [6.45, 7) is 0. The first-order chi connectivity index (χ1) is 7.00. The van der Waals surface area contributed by atoms with Gasteiger partial charge in [0.1, 0.15) is 0 Å². The van der Waals surface area contributed by atoms with Crippen LogP contribution in [0.2, 0.25) is 1.02 Å². The molecule has 16 heteroatoms. The van der Waals surface area contributed by atoms with E-state index in [1.54, 1.807) is 0 Å². The molecule has 0 fully saturated rings. The molecule has 0 unspecified atom stereocenters. The molecule has 0 aromatic carbocycles. The average Bonchev–Trinajstić information content (AvgIpc) is 1.77. The van der Waals surface area contributed by atoms with Gasteiger partial charge in [-0.3, -0.25) is 0 Å². The molecule has 0 bridgehead atoms. The van der Waals surface area contributed by atoms with Crippen molar-refractivity contribution < 1.29 is 51.8 Å². The van der Waals surface area contributed by atoms with Gasteiger partial charge in [-0.2, -0.15) is 0 Å². The van der Waals surface area contributed by atoms with Crippen LogP contribution in [0.3, 0.4) is 0 Å². The Morgan fingerprint density at radius 3 is 0.412 bits per heavy atom. The normalized spacial score (nSPS) is 11.0. The van der Waals surface area contributed by atoms with Crippen molar-refractivity contribution in [1.82, 2.24) is 0 Å².